The SMILES string of the molecule is CCCOC(=O)c1cc(OC(C)=O)ccc1OC(C)=O. The molecule has 6 nitrogen and oxygen atoms in total. The Labute approximate surface area is 116 Å². The molecule has 0 bridgehead atoms. The smallest absolute Gasteiger partial charge is 0.342 e. The maximum absolute atomic E-state index is 11.9. The fraction of sp³-hybridized carbons (Fsp3) is 0.357. The average molecular weight is 280 g/mol. The van der Waals surface area contributed by atoms with E-state index in [0.717, 1.165) is 0 Å². The molecule has 0 heterocycles. The summed E-state index contributed by atoms with van der Waals surface area (Å²) in [7, 11) is 0. The van der Waals surface area contributed by atoms with E-state index in [1.165, 1.54) is 32.0 Å². The van der Waals surface area contributed by atoms with Gasteiger partial charge in [-0.05, 0) is 24.6 Å². The van der Waals surface area contributed by atoms with E-state index in [0.29, 0.717) is 6.42 Å². The quantitative estimate of drug-likeness (QED) is 0.607. The topological polar surface area (TPSA) is 78.9 Å². The fourth-order valence-corrected chi connectivity index (χ4v) is 1.41. The van der Waals surface area contributed by atoms with Crippen molar-refractivity contribution in [2.75, 3.05) is 6.61 Å². The van der Waals surface area contributed by atoms with Crippen molar-refractivity contribution in [3.8, 4) is 11.5 Å². The standard InChI is InChI=1S/C14H16O6/c1-4-7-18-14(17)12-8-11(19-9(2)15)5-6-13(12)20-10(3)16/h5-6,8H,4,7H2,1-3H3. The first kappa shape index (κ1) is 15.7. The molecule has 0 saturated heterocycles. The van der Waals surface area contributed by atoms with Gasteiger partial charge in [0.1, 0.15) is 17.1 Å². The Morgan fingerprint density at radius 3 is 2.25 bits per heavy atom. The van der Waals surface area contributed by atoms with Crippen LogP contribution in [0.25, 0.3) is 0 Å². The van der Waals surface area contributed by atoms with E-state index in [1.807, 2.05) is 6.92 Å². The van der Waals surface area contributed by atoms with Crippen molar-refractivity contribution in [1.82, 2.24) is 0 Å². The Morgan fingerprint density at radius 2 is 1.70 bits per heavy atom. The van der Waals surface area contributed by atoms with E-state index in [4.69, 9.17) is 14.2 Å². The largest absolute Gasteiger partial charge is 0.462 e. The zero-order valence-electron chi connectivity index (χ0n) is 11.6. The highest BCUT2D eigenvalue weighted by molar-refractivity contribution is 5.94. The molecule has 0 aromatic heterocycles. The molecule has 0 aliphatic carbocycles. The van der Waals surface area contributed by atoms with Crippen molar-refractivity contribution in [2.45, 2.75) is 27.2 Å². The first-order chi connectivity index (χ1) is 9.43. The maximum Gasteiger partial charge on any atom is 0.342 e. The van der Waals surface area contributed by atoms with E-state index < -0.39 is 17.9 Å². The van der Waals surface area contributed by atoms with Crippen LogP contribution in [0.15, 0.2) is 18.2 Å². The zero-order chi connectivity index (χ0) is 15.1. The molecule has 0 saturated carbocycles. The minimum absolute atomic E-state index is 0.0346. The Bertz CT molecular complexity index is 520. The van der Waals surface area contributed by atoms with E-state index >= 15 is 0 Å². The Hall–Kier alpha value is -2.37. The normalized spacial score (nSPS) is 9.75. The van der Waals surface area contributed by atoms with Gasteiger partial charge in [-0.25, -0.2) is 4.79 Å². The second kappa shape index (κ2) is 7.28. The van der Waals surface area contributed by atoms with Gasteiger partial charge in [-0.3, -0.25) is 9.59 Å². The van der Waals surface area contributed by atoms with Crippen LogP contribution in [-0.2, 0) is 14.3 Å². The summed E-state index contributed by atoms with van der Waals surface area (Å²) in [5.74, 6) is -1.48. The Balaban J connectivity index is 3.07. The minimum Gasteiger partial charge on any atom is -0.462 e. The fourth-order valence-electron chi connectivity index (χ4n) is 1.41. The lowest BCUT2D eigenvalue weighted by Crippen LogP contribution is -2.12. The summed E-state index contributed by atoms with van der Waals surface area (Å²) in [6.07, 6.45) is 0.665. The summed E-state index contributed by atoms with van der Waals surface area (Å²) in [6, 6.07) is 4.11. The summed E-state index contributed by atoms with van der Waals surface area (Å²) in [6.45, 7) is 4.57. The highest BCUT2D eigenvalue weighted by Crippen LogP contribution is 2.25. The molecule has 0 atom stereocenters. The van der Waals surface area contributed by atoms with Crippen LogP contribution in [0.3, 0.4) is 0 Å². The molecular formula is C14H16O6. The van der Waals surface area contributed by atoms with Gasteiger partial charge in [0.05, 0.1) is 6.61 Å². The average Bonchev–Trinajstić information content (AvgIpc) is 2.36. The Morgan fingerprint density at radius 1 is 1.05 bits per heavy atom. The monoisotopic (exact) mass is 280 g/mol. The van der Waals surface area contributed by atoms with Crippen molar-refractivity contribution < 1.29 is 28.6 Å². The first-order valence-corrected chi connectivity index (χ1v) is 6.12. The third-order valence-corrected chi connectivity index (χ3v) is 2.12. The van der Waals surface area contributed by atoms with Gasteiger partial charge >= 0.3 is 17.9 Å². The van der Waals surface area contributed by atoms with Crippen molar-refractivity contribution in [3.63, 3.8) is 0 Å². The van der Waals surface area contributed by atoms with Crippen molar-refractivity contribution >= 4 is 17.9 Å². The van der Waals surface area contributed by atoms with Crippen LogP contribution in [0.4, 0.5) is 0 Å². The summed E-state index contributed by atoms with van der Waals surface area (Å²) in [5.41, 5.74) is 0.0346. The zero-order valence-corrected chi connectivity index (χ0v) is 11.6. The lowest BCUT2D eigenvalue weighted by Gasteiger charge is -2.10. The number of carbonyl (C=O) groups excluding carboxylic acids is 3. The molecule has 0 aliphatic heterocycles. The highest BCUT2D eigenvalue weighted by atomic mass is 16.6. The number of hydrogen-bond donors (Lipinski definition) is 0. The van der Waals surface area contributed by atoms with Crippen LogP contribution in [0.2, 0.25) is 0 Å². The molecule has 20 heavy (non-hydrogen) atoms. The molecule has 1 aromatic rings. The molecule has 0 aliphatic rings. The number of ether oxygens (including phenoxy) is 3. The number of rotatable bonds is 5. The Kier molecular flexibility index (Phi) is 5.71. The maximum atomic E-state index is 11.9. The van der Waals surface area contributed by atoms with Gasteiger partial charge in [-0.2, -0.15) is 0 Å². The molecule has 108 valence electrons. The molecule has 0 amide bonds. The molecule has 0 fully saturated rings. The van der Waals surface area contributed by atoms with Crippen LogP contribution in [0, 0.1) is 0 Å². The summed E-state index contributed by atoms with van der Waals surface area (Å²) >= 11 is 0. The van der Waals surface area contributed by atoms with Crippen LogP contribution >= 0.6 is 0 Å². The van der Waals surface area contributed by atoms with E-state index in [9.17, 15) is 14.4 Å². The predicted octanol–water partition coefficient (Wildman–Crippen LogP) is 2.10. The molecular weight excluding hydrogens is 264 g/mol. The van der Waals surface area contributed by atoms with Crippen molar-refractivity contribution in [3.05, 3.63) is 23.8 Å². The van der Waals surface area contributed by atoms with Gasteiger partial charge in [-0.15, -0.1) is 0 Å². The van der Waals surface area contributed by atoms with E-state index in [2.05, 4.69) is 0 Å². The second-order valence-electron chi connectivity index (χ2n) is 3.98. The molecule has 0 radical (unpaired) electrons. The highest BCUT2D eigenvalue weighted by Gasteiger charge is 2.17. The number of esters is 3. The lowest BCUT2D eigenvalue weighted by molar-refractivity contribution is -0.133. The first-order valence-electron chi connectivity index (χ1n) is 6.12. The van der Waals surface area contributed by atoms with Gasteiger partial charge in [0.25, 0.3) is 0 Å². The van der Waals surface area contributed by atoms with Gasteiger partial charge in [0.15, 0.2) is 0 Å². The molecule has 6 heteroatoms. The van der Waals surface area contributed by atoms with E-state index in [-0.39, 0.29) is 23.7 Å². The number of benzene rings is 1. The van der Waals surface area contributed by atoms with Crippen LogP contribution in [0.1, 0.15) is 37.6 Å². The van der Waals surface area contributed by atoms with E-state index in [1.54, 1.807) is 0 Å². The summed E-state index contributed by atoms with van der Waals surface area (Å²) in [5, 5.41) is 0. The van der Waals surface area contributed by atoms with Crippen LogP contribution in [0.5, 0.6) is 11.5 Å². The minimum atomic E-state index is -0.642. The second-order valence-corrected chi connectivity index (χ2v) is 3.98. The molecule has 0 unspecified atom stereocenters. The molecule has 1 aromatic carbocycles. The van der Waals surface area contributed by atoms with Gasteiger partial charge < -0.3 is 14.2 Å². The van der Waals surface area contributed by atoms with Gasteiger partial charge in [0.2, 0.25) is 0 Å². The molecule has 0 spiro atoms. The third kappa shape index (κ3) is 4.72. The van der Waals surface area contributed by atoms with Crippen LogP contribution in [-0.4, -0.2) is 24.5 Å². The van der Waals surface area contributed by atoms with Crippen molar-refractivity contribution in [2.24, 2.45) is 0 Å². The van der Waals surface area contributed by atoms with Crippen LogP contribution < -0.4 is 9.47 Å². The number of carbonyl (C=O) groups is 3. The molecule has 0 N–H and O–H groups in total. The summed E-state index contributed by atoms with van der Waals surface area (Å²) < 4.78 is 14.8. The predicted molar refractivity (Wildman–Crippen MR) is 69.6 cm³/mol. The number of hydrogen-bond acceptors (Lipinski definition) is 6. The van der Waals surface area contributed by atoms with Crippen molar-refractivity contribution in [1.29, 1.82) is 0 Å². The third-order valence-electron chi connectivity index (χ3n) is 2.12. The molecule has 1 rings (SSSR count). The van der Waals surface area contributed by atoms with Gasteiger partial charge in [-0.1, -0.05) is 6.92 Å². The lowest BCUT2D eigenvalue weighted by atomic mass is 10.2. The summed E-state index contributed by atoms with van der Waals surface area (Å²) in [4.78, 5) is 33.8. The van der Waals surface area contributed by atoms with Gasteiger partial charge in [0, 0.05) is 13.8 Å².